The topological polar surface area (TPSA) is 58.3 Å². The number of aliphatic hydroxyl groups excluding tert-OH is 1. The van der Waals surface area contributed by atoms with Gasteiger partial charge in [-0.05, 0) is 31.5 Å². The zero-order valence-corrected chi connectivity index (χ0v) is 8.04. The fourth-order valence-corrected chi connectivity index (χ4v) is 1.06. The second-order valence-electron chi connectivity index (χ2n) is 3.30. The highest BCUT2D eigenvalue weighted by atomic mass is 16.3. The molecule has 0 bridgehead atoms. The standard InChI is InChI=1S/C10H16N2O/c1-7-3-4-9(5-10(7)11)12-8(2)6-13/h3-5,8,12-13H,6,11H2,1-2H3. The van der Waals surface area contributed by atoms with Crippen LogP contribution in [0, 0.1) is 6.92 Å². The number of nitrogens with one attached hydrogen (secondary N) is 1. The highest BCUT2D eigenvalue weighted by Crippen LogP contribution is 2.17. The van der Waals surface area contributed by atoms with Gasteiger partial charge in [0.05, 0.1) is 6.61 Å². The minimum Gasteiger partial charge on any atom is -0.398 e. The van der Waals surface area contributed by atoms with Gasteiger partial charge in [0.1, 0.15) is 0 Å². The molecule has 13 heavy (non-hydrogen) atoms. The van der Waals surface area contributed by atoms with Crippen molar-refractivity contribution in [1.29, 1.82) is 0 Å². The molecule has 1 rings (SSSR count). The Hall–Kier alpha value is -1.22. The van der Waals surface area contributed by atoms with Gasteiger partial charge < -0.3 is 16.2 Å². The van der Waals surface area contributed by atoms with Gasteiger partial charge in [0, 0.05) is 17.4 Å². The van der Waals surface area contributed by atoms with Crippen LogP contribution in [0.4, 0.5) is 11.4 Å². The van der Waals surface area contributed by atoms with E-state index in [1.54, 1.807) is 0 Å². The van der Waals surface area contributed by atoms with E-state index in [1.165, 1.54) is 0 Å². The van der Waals surface area contributed by atoms with E-state index < -0.39 is 0 Å². The zero-order chi connectivity index (χ0) is 9.84. The lowest BCUT2D eigenvalue weighted by Crippen LogP contribution is -2.19. The molecule has 0 aromatic heterocycles. The number of rotatable bonds is 3. The van der Waals surface area contributed by atoms with Crippen molar-refractivity contribution in [2.75, 3.05) is 17.7 Å². The molecule has 1 unspecified atom stereocenters. The molecular weight excluding hydrogens is 164 g/mol. The quantitative estimate of drug-likeness (QED) is 0.616. The van der Waals surface area contributed by atoms with Crippen LogP contribution in [0.1, 0.15) is 12.5 Å². The molecule has 0 aliphatic carbocycles. The van der Waals surface area contributed by atoms with Gasteiger partial charge in [-0.2, -0.15) is 0 Å². The van der Waals surface area contributed by atoms with Crippen molar-refractivity contribution in [3.8, 4) is 0 Å². The Bertz CT molecular complexity index is 286. The Morgan fingerprint density at radius 3 is 2.77 bits per heavy atom. The first kappa shape index (κ1) is 9.86. The Morgan fingerprint density at radius 2 is 2.23 bits per heavy atom. The molecule has 3 heteroatoms. The summed E-state index contributed by atoms with van der Waals surface area (Å²) >= 11 is 0. The van der Waals surface area contributed by atoms with E-state index in [0.717, 1.165) is 16.9 Å². The number of benzene rings is 1. The summed E-state index contributed by atoms with van der Waals surface area (Å²) in [6.45, 7) is 4.00. The highest BCUT2D eigenvalue weighted by Gasteiger charge is 2.00. The normalized spacial score (nSPS) is 12.5. The van der Waals surface area contributed by atoms with E-state index in [2.05, 4.69) is 5.32 Å². The number of aryl methyl sites for hydroxylation is 1. The molecule has 0 radical (unpaired) electrons. The minimum atomic E-state index is 0.0575. The molecule has 0 aliphatic heterocycles. The van der Waals surface area contributed by atoms with Crippen LogP contribution in [-0.2, 0) is 0 Å². The predicted octanol–water partition coefficient (Wildman–Crippen LogP) is 1.37. The predicted molar refractivity (Wildman–Crippen MR) is 55.8 cm³/mol. The van der Waals surface area contributed by atoms with E-state index in [0.29, 0.717) is 0 Å². The monoisotopic (exact) mass is 180 g/mol. The Labute approximate surface area is 78.6 Å². The van der Waals surface area contributed by atoms with Crippen LogP contribution in [0.15, 0.2) is 18.2 Å². The van der Waals surface area contributed by atoms with Crippen molar-refractivity contribution in [2.24, 2.45) is 0 Å². The number of hydrogen-bond donors (Lipinski definition) is 3. The minimum absolute atomic E-state index is 0.0575. The van der Waals surface area contributed by atoms with Crippen molar-refractivity contribution in [2.45, 2.75) is 19.9 Å². The molecule has 0 amide bonds. The molecule has 0 heterocycles. The first-order chi connectivity index (χ1) is 6.13. The van der Waals surface area contributed by atoms with Gasteiger partial charge in [0.2, 0.25) is 0 Å². The summed E-state index contributed by atoms with van der Waals surface area (Å²) in [7, 11) is 0. The van der Waals surface area contributed by atoms with E-state index in [9.17, 15) is 0 Å². The smallest absolute Gasteiger partial charge is 0.0630 e. The van der Waals surface area contributed by atoms with Gasteiger partial charge >= 0.3 is 0 Å². The average molecular weight is 180 g/mol. The van der Waals surface area contributed by atoms with Gasteiger partial charge in [-0.15, -0.1) is 0 Å². The largest absolute Gasteiger partial charge is 0.398 e. The molecule has 4 N–H and O–H groups in total. The van der Waals surface area contributed by atoms with Gasteiger partial charge in [-0.25, -0.2) is 0 Å². The fourth-order valence-electron chi connectivity index (χ4n) is 1.06. The molecule has 1 aromatic rings. The molecular formula is C10H16N2O. The van der Waals surface area contributed by atoms with E-state index in [4.69, 9.17) is 10.8 Å². The van der Waals surface area contributed by atoms with E-state index >= 15 is 0 Å². The molecule has 3 nitrogen and oxygen atoms in total. The summed E-state index contributed by atoms with van der Waals surface area (Å²) < 4.78 is 0. The lowest BCUT2D eigenvalue weighted by atomic mass is 10.2. The molecule has 0 spiro atoms. The van der Waals surface area contributed by atoms with Crippen LogP contribution >= 0.6 is 0 Å². The SMILES string of the molecule is Cc1ccc(NC(C)CO)cc1N. The molecule has 0 fully saturated rings. The number of anilines is 2. The lowest BCUT2D eigenvalue weighted by molar-refractivity contribution is 0.281. The van der Waals surface area contributed by atoms with Crippen molar-refractivity contribution >= 4 is 11.4 Å². The average Bonchev–Trinajstić information content (AvgIpc) is 2.11. The third kappa shape index (κ3) is 2.63. The van der Waals surface area contributed by atoms with Crippen LogP contribution in [0.5, 0.6) is 0 Å². The highest BCUT2D eigenvalue weighted by molar-refractivity contribution is 5.58. The van der Waals surface area contributed by atoms with Crippen LogP contribution in [0.3, 0.4) is 0 Å². The third-order valence-electron chi connectivity index (χ3n) is 1.97. The van der Waals surface area contributed by atoms with Crippen molar-refractivity contribution in [3.63, 3.8) is 0 Å². The summed E-state index contributed by atoms with van der Waals surface area (Å²) in [5.41, 5.74) is 8.53. The molecule has 1 aromatic carbocycles. The number of nitrogen functional groups attached to an aromatic ring is 1. The summed E-state index contributed by atoms with van der Waals surface area (Å²) in [6, 6.07) is 5.85. The van der Waals surface area contributed by atoms with Gasteiger partial charge in [0.25, 0.3) is 0 Å². The molecule has 1 atom stereocenters. The number of hydrogen-bond acceptors (Lipinski definition) is 3. The summed E-state index contributed by atoms with van der Waals surface area (Å²) in [6.07, 6.45) is 0. The number of nitrogens with two attached hydrogens (primary N) is 1. The summed E-state index contributed by atoms with van der Waals surface area (Å²) in [5.74, 6) is 0. The molecule has 72 valence electrons. The van der Waals surface area contributed by atoms with Crippen LogP contribution < -0.4 is 11.1 Å². The zero-order valence-electron chi connectivity index (χ0n) is 8.04. The van der Waals surface area contributed by atoms with Crippen molar-refractivity contribution < 1.29 is 5.11 Å². The first-order valence-electron chi connectivity index (χ1n) is 4.37. The Morgan fingerprint density at radius 1 is 1.54 bits per heavy atom. The maximum Gasteiger partial charge on any atom is 0.0630 e. The van der Waals surface area contributed by atoms with Gasteiger partial charge in [0.15, 0.2) is 0 Å². The third-order valence-corrected chi connectivity index (χ3v) is 1.97. The van der Waals surface area contributed by atoms with Gasteiger partial charge in [-0.1, -0.05) is 6.07 Å². The molecule has 0 aliphatic rings. The fraction of sp³-hybridized carbons (Fsp3) is 0.400. The van der Waals surface area contributed by atoms with Crippen molar-refractivity contribution in [1.82, 2.24) is 0 Å². The second kappa shape index (κ2) is 4.14. The van der Waals surface area contributed by atoms with Crippen LogP contribution in [0.2, 0.25) is 0 Å². The maximum absolute atomic E-state index is 8.83. The molecule has 0 saturated heterocycles. The summed E-state index contributed by atoms with van der Waals surface area (Å²) in [4.78, 5) is 0. The summed E-state index contributed by atoms with van der Waals surface area (Å²) in [5, 5.41) is 12.0. The van der Waals surface area contributed by atoms with Crippen molar-refractivity contribution in [3.05, 3.63) is 23.8 Å². The van der Waals surface area contributed by atoms with E-state index in [1.807, 2.05) is 32.0 Å². The maximum atomic E-state index is 8.83. The lowest BCUT2D eigenvalue weighted by Gasteiger charge is -2.13. The van der Waals surface area contributed by atoms with Gasteiger partial charge in [-0.3, -0.25) is 0 Å². The Balaban J connectivity index is 2.73. The van der Waals surface area contributed by atoms with Crippen LogP contribution in [0.25, 0.3) is 0 Å². The van der Waals surface area contributed by atoms with Crippen LogP contribution in [-0.4, -0.2) is 17.8 Å². The number of aliphatic hydroxyl groups is 1. The molecule has 0 saturated carbocycles. The first-order valence-corrected chi connectivity index (χ1v) is 4.37. The van der Waals surface area contributed by atoms with E-state index in [-0.39, 0.29) is 12.6 Å². The Kier molecular flexibility index (Phi) is 3.14. The second-order valence-corrected chi connectivity index (χ2v) is 3.30.